The van der Waals surface area contributed by atoms with Gasteiger partial charge in [0.25, 0.3) is 0 Å². The second-order valence-electron chi connectivity index (χ2n) is 3.33. The van der Waals surface area contributed by atoms with E-state index in [1.807, 2.05) is 24.3 Å². The molecule has 0 aliphatic heterocycles. The van der Waals surface area contributed by atoms with E-state index in [-0.39, 0.29) is 12.5 Å². The number of hydrogen-bond acceptors (Lipinski definition) is 3. The molecule has 4 heteroatoms. The van der Waals surface area contributed by atoms with Gasteiger partial charge in [0.1, 0.15) is 6.04 Å². The van der Waals surface area contributed by atoms with Crippen molar-refractivity contribution in [2.75, 3.05) is 11.9 Å². The molecule has 0 bridgehead atoms. The third-order valence-corrected chi connectivity index (χ3v) is 2.16. The first-order valence-electron chi connectivity index (χ1n) is 4.93. The standard InChI is InChI=1S/C11H16N2O2/c1-2-8-3-5-9(6-4-8)13-11(15)10(12)7-14/h3-6,10,14H,2,7,12H2,1H3,(H,13,15)/t10-/m0/s1. The molecule has 0 aliphatic carbocycles. The van der Waals surface area contributed by atoms with E-state index in [2.05, 4.69) is 12.2 Å². The Labute approximate surface area is 89.1 Å². The van der Waals surface area contributed by atoms with Crippen LogP contribution in [0.5, 0.6) is 0 Å². The van der Waals surface area contributed by atoms with Gasteiger partial charge in [0, 0.05) is 5.69 Å². The van der Waals surface area contributed by atoms with Crippen LogP contribution in [0.15, 0.2) is 24.3 Å². The zero-order chi connectivity index (χ0) is 11.3. The normalized spacial score (nSPS) is 12.2. The summed E-state index contributed by atoms with van der Waals surface area (Å²) in [6.45, 7) is 1.72. The quantitative estimate of drug-likeness (QED) is 0.674. The smallest absolute Gasteiger partial charge is 0.243 e. The number of amides is 1. The first-order chi connectivity index (χ1) is 7.17. The molecule has 0 aliphatic rings. The molecular formula is C11H16N2O2. The van der Waals surface area contributed by atoms with Crippen LogP contribution in [0.2, 0.25) is 0 Å². The van der Waals surface area contributed by atoms with Gasteiger partial charge in [-0.3, -0.25) is 4.79 Å². The lowest BCUT2D eigenvalue weighted by molar-refractivity contribution is -0.118. The lowest BCUT2D eigenvalue weighted by Crippen LogP contribution is -2.38. The van der Waals surface area contributed by atoms with Crippen LogP contribution in [0.3, 0.4) is 0 Å². The molecule has 0 heterocycles. The lowest BCUT2D eigenvalue weighted by atomic mass is 10.1. The molecule has 4 nitrogen and oxygen atoms in total. The fourth-order valence-electron chi connectivity index (χ4n) is 1.14. The highest BCUT2D eigenvalue weighted by Crippen LogP contribution is 2.09. The molecule has 0 spiro atoms. The fourth-order valence-corrected chi connectivity index (χ4v) is 1.14. The molecule has 0 fully saturated rings. The summed E-state index contributed by atoms with van der Waals surface area (Å²) in [7, 11) is 0. The van der Waals surface area contributed by atoms with Crippen LogP contribution >= 0.6 is 0 Å². The highest BCUT2D eigenvalue weighted by molar-refractivity contribution is 5.94. The average Bonchev–Trinajstić information content (AvgIpc) is 2.29. The van der Waals surface area contributed by atoms with Crippen molar-refractivity contribution < 1.29 is 9.90 Å². The molecule has 0 saturated heterocycles. The molecule has 1 rings (SSSR count). The predicted molar refractivity (Wildman–Crippen MR) is 59.5 cm³/mol. The van der Waals surface area contributed by atoms with Crippen LogP contribution in [0.4, 0.5) is 5.69 Å². The molecule has 0 aromatic heterocycles. The van der Waals surface area contributed by atoms with E-state index in [9.17, 15) is 4.79 Å². The van der Waals surface area contributed by atoms with Crippen molar-refractivity contribution in [2.24, 2.45) is 5.73 Å². The van der Waals surface area contributed by atoms with Gasteiger partial charge in [-0.25, -0.2) is 0 Å². The summed E-state index contributed by atoms with van der Waals surface area (Å²) in [6.07, 6.45) is 0.963. The molecule has 4 N–H and O–H groups in total. The van der Waals surface area contributed by atoms with Gasteiger partial charge in [-0.2, -0.15) is 0 Å². The number of benzene rings is 1. The van der Waals surface area contributed by atoms with Gasteiger partial charge in [0.2, 0.25) is 5.91 Å². The first kappa shape index (κ1) is 11.7. The van der Waals surface area contributed by atoms with Gasteiger partial charge in [-0.1, -0.05) is 19.1 Å². The maximum absolute atomic E-state index is 11.3. The molecule has 0 unspecified atom stereocenters. The molecule has 1 aromatic rings. The van der Waals surface area contributed by atoms with Crippen LogP contribution in [0, 0.1) is 0 Å². The summed E-state index contributed by atoms with van der Waals surface area (Å²) in [5.41, 5.74) is 7.26. The van der Waals surface area contributed by atoms with Crippen LogP contribution in [0.25, 0.3) is 0 Å². The minimum atomic E-state index is -0.865. The third-order valence-electron chi connectivity index (χ3n) is 2.16. The fraction of sp³-hybridized carbons (Fsp3) is 0.364. The summed E-state index contributed by atoms with van der Waals surface area (Å²) < 4.78 is 0. The Bertz CT molecular complexity index is 322. The van der Waals surface area contributed by atoms with Crippen LogP contribution < -0.4 is 11.1 Å². The van der Waals surface area contributed by atoms with Crippen molar-refractivity contribution in [3.05, 3.63) is 29.8 Å². The molecule has 15 heavy (non-hydrogen) atoms. The molecule has 82 valence electrons. The SMILES string of the molecule is CCc1ccc(NC(=O)[C@@H](N)CO)cc1. The molecule has 0 saturated carbocycles. The molecule has 1 atom stereocenters. The van der Waals surface area contributed by atoms with Crippen molar-refractivity contribution >= 4 is 11.6 Å². The molecule has 1 amide bonds. The number of rotatable bonds is 4. The van der Waals surface area contributed by atoms with Gasteiger partial charge in [-0.05, 0) is 24.1 Å². The van der Waals surface area contributed by atoms with Crippen molar-refractivity contribution in [3.63, 3.8) is 0 Å². The van der Waals surface area contributed by atoms with Crippen LogP contribution in [-0.2, 0) is 11.2 Å². The summed E-state index contributed by atoms with van der Waals surface area (Å²) >= 11 is 0. The number of carbonyl (C=O) groups is 1. The topological polar surface area (TPSA) is 75.4 Å². The number of nitrogens with two attached hydrogens (primary N) is 1. The van der Waals surface area contributed by atoms with Crippen molar-refractivity contribution in [1.29, 1.82) is 0 Å². The Morgan fingerprint density at radius 1 is 1.47 bits per heavy atom. The number of anilines is 1. The van der Waals surface area contributed by atoms with E-state index in [1.165, 1.54) is 5.56 Å². The Morgan fingerprint density at radius 3 is 2.53 bits per heavy atom. The molecule has 0 radical (unpaired) electrons. The zero-order valence-electron chi connectivity index (χ0n) is 8.73. The molecule has 1 aromatic carbocycles. The van der Waals surface area contributed by atoms with Gasteiger partial charge in [0.15, 0.2) is 0 Å². The summed E-state index contributed by atoms with van der Waals surface area (Å²) in [6, 6.07) is 6.66. The maximum atomic E-state index is 11.3. The predicted octanol–water partition coefficient (Wildman–Crippen LogP) is 0.507. The van der Waals surface area contributed by atoms with E-state index >= 15 is 0 Å². The number of hydrogen-bond donors (Lipinski definition) is 3. The third kappa shape index (κ3) is 3.34. The number of aliphatic hydroxyl groups is 1. The van der Waals surface area contributed by atoms with Gasteiger partial charge < -0.3 is 16.2 Å². The van der Waals surface area contributed by atoms with Crippen molar-refractivity contribution in [3.8, 4) is 0 Å². The van der Waals surface area contributed by atoms with Crippen molar-refractivity contribution in [1.82, 2.24) is 0 Å². The van der Waals surface area contributed by atoms with Crippen LogP contribution in [-0.4, -0.2) is 23.7 Å². The van der Waals surface area contributed by atoms with Gasteiger partial charge in [0.05, 0.1) is 6.61 Å². The number of carbonyl (C=O) groups excluding carboxylic acids is 1. The maximum Gasteiger partial charge on any atom is 0.243 e. The first-order valence-corrected chi connectivity index (χ1v) is 4.93. The highest BCUT2D eigenvalue weighted by Gasteiger charge is 2.11. The summed E-state index contributed by atoms with van der Waals surface area (Å²) in [4.78, 5) is 11.3. The second kappa shape index (κ2) is 5.48. The Balaban J connectivity index is 2.61. The van der Waals surface area contributed by atoms with Gasteiger partial charge in [-0.15, -0.1) is 0 Å². The minimum Gasteiger partial charge on any atom is -0.394 e. The monoisotopic (exact) mass is 208 g/mol. The van der Waals surface area contributed by atoms with E-state index in [0.717, 1.165) is 6.42 Å². The Kier molecular flexibility index (Phi) is 4.27. The van der Waals surface area contributed by atoms with Crippen molar-refractivity contribution in [2.45, 2.75) is 19.4 Å². The lowest BCUT2D eigenvalue weighted by Gasteiger charge is -2.09. The Hall–Kier alpha value is -1.39. The van der Waals surface area contributed by atoms with E-state index in [4.69, 9.17) is 10.8 Å². The summed E-state index contributed by atoms with van der Waals surface area (Å²) in [5.74, 6) is -0.373. The summed E-state index contributed by atoms with van der Waals surface area (Å²) in [5, 5.41) is 11.3. The highest BCUT2D eigenvalue weighted by atomic mass is 16.3. The Morgan fingerprint density at radius 2 is 2.07 bits per heavy atom. The number of nitrogens with one attached hydrogen (secondary N) is 1. The second-order valence-corrected chi connectivity index (χ2v) is 3.33. The van der Waals surface area contributed by atoms with Gasteiger partial charge >= 0.3 is 0 Å². The van der Waals surface area contributed by atoms with Crippen LogP contribution in [0.1, 0.15) is 12.5 Å². The average molecular weight is 208 g/mol. The van der Waals surface area contributed by atoms with E-state index < -0.39 is 6.04 Å². The number of aryl methyl sites for hydroxylation is 1. The molecular weight excluding hydrogens is 192 g/mol. The number of aliphatic hydroxyl groups excluding tert-OH is 1. The zero-order valence-corrected chi connectivity index (χ0v) is 8.73. The van der Waals surface area contributed by atoms with E-state index in [1.54, 1.807) is 0 Å². The minimum absolute atomic E-state index is 0.348. The van der Waals surface area contributed by atoms with E-state index in [0.29, 0.717) is 5.69 Å². The largest absolute Gasteiger partial charge is 0.394 e.